The second-order valence-electron chi connectivity index (χ2n) is 9.24. The number of piperazine rings is 1. The minimum atomic E-state index is -0.624. The Bertz CT molecular complexity index is 1020. The third-order valence-electron chi connectivity index (χ3n) is 5.35. The molecular formula is C23H32N6O4. The Morgan fingerprint density at radius 1 is 1.24 bits per heavy atom. The number of nitrogens with zero attached hydrogens (tertiary/aromatic N) is 5. The molecule has 1 aliphatic rings. The number of hydrogen-bond donors (Lipinski definition) is 2. The summed E-state index contributed by atoms with van der Waals surface area (Å²) < 4.78 is 5.32. The average molecular weight is 457 g/mol. The summed E-state index contributed by atoms with van der Waals surface area (Å²) in [7, 11) is 1.55. The van der Waals surface area contributed by atoms with Gasteiger partial charge in [0, 0.05) is 38.3 Å². The summed E-state index contributed by atoms with van der Waals surface area (Å²) in [5, 5.41) is 18.4. The zero-order chi connectivity index (χ0) is 24.3. The maximum atomic E-state index is 12.9. The standard InChI is InChI=1S/C23H32N6O4/c1-15-13-28(10-11-29(15)20(31)14-27(5)22(32)33-23(2,3)4)18-12-17(25-26-21(18)24)16-8-6-7-9-19(16)30/h6-9,12,15,30H,10-11,13-14H2,1-5H3,(H2,24,26). The van der Waals surface area contributed by atoms with Crippen molar-refractivity contribution < 1.29 is 19.4 Å². The van der Waals surface area contributed by atoms with Gasteiger partial charge in [-0.25, -0.2) is 4.79 Å². The van der Waals surface area contributed by atoms with Crippen LogP contribution in [0.2, 0.25) is 0 Å². The number of ether oxygens (including phenoxy) is 1. The summed E-state index contributed by atoms with van der Waals surface area (Å²) in [6, 6.07) is 8.60. The van der Waals surface area contributed by atoms with Crippen molar-refractivity contribution in [1.29, 1.82) is 0 Å². The summed E-state index contributed by atoms with van der Waals surface area (Å²) in [6.45, 7) is 8.79. The van der Waals surface area contributed by atoms with Crippen LogP contribution in [0.3, 0.4) is 0 Å². The van der Waals surface area contributed by atoms with Gasteiger partial charge >= 0.3 is 6.09 Å². The molecule has 1 fully saturated rings. The number of rotatable bonds is 4. The van der Waals surface area contributed by atoms with Crippen molar-refractivity contribution in [3.8, 4) is 17.0 Å². The summed E-state index contributed by atoms with van der Waals surface area (Å²) in [5.41, 5.74) is 7.27. The number of benzene rings is 1. The number of likely N-dealkylation sites (N-methyl/N-ethyl adjacent to an activating group) is 1. The zero-order valence-corrected chi connectivity index (χ0v) is 19.8. The number of para-hydroxylation sites is 1. The number of phenols is 1. The normalized spacial score (nSPS) is 16.5. The molecule has 1 unspecified atom stereocenters. The SMILES string of the molecule is CC1CN(c2cc(-c3ccccc3O)nnc2N)CCN1C(=O)CN(C)C(=O)OC(C)(C)C. The Morgan fingerprint density at radius 3 is 2.58 bits per heavy atom. The van der Waals surface area contributed by atoms with E-state index in [1.807, 2.05) is 13.0 Å². The molecule has 2 aromatic rings. The van der Waals surface area contributed by atoms with E-state index in [0.29, 0.717) is 36.6 Å². The van der Waals surface area contributed by atoms with E-state index in [1.54, 1.807) is 57.0 Å². The first kappa shape index (κ1) is 24.1. The van der Waals surface area contributed by atoms with Gasteiger partial charge in [-0.15, -0.1) is 10.2 Å². The minimum absolute atomic E-state index is 0.0599. The third kappa shape index (κ3) is 5.82. The van der Waals surface area contributed by atoms with Crippen LogP contribution in [0.15, 0.2) is 30.3 Å². The van der Waals surface area contributed by atoms with Gasteiger partial charge in [0.2, 0.25) is 5.91 Å². The lowest BCUT2D eigenvalue weighted by atomic mass is 10.1. The summed E-state index contributed by atoms with van der Waals surface area (Å²) >= 11 is 0. The number of aromatic nitrogens is 2. The first-order valence-corrected chi connectivity index (χ1v) is 10.9. The van der Waals surface area contributed by atoms with Crippen molar-refractivity contribution in [3.05, 3.63) is 30.3 Å². The van der Waals surface area contributed by atoms with E-state index in [4.69, 9.17) is 10.5 Å². The van der Waals surface area contributed by atoms with Gasteiger partial charge in [0.05, 0.1) is 11.4 Å². The summed E-state index contributed by atoms with van der Waals surface area (Å²) in [4.78, 5) is 30.1. The van der Waals surface area contributed by atoms with Crippen molar-refractivity contribution in [2.45, 2.75) is 39.3 Å². The van der Waals surface area contributed by atoms with Crippen molar-refractivity contribution in [1.82, 2.24) is 20.0 Å². The van der Waals surface area contributed by atoms with E-state index < -0.39 is 11.7 Å². The zero-order valence-electron chi connectivity index (χ0n) is 19.8. The quantitative estimate of drug-likeness (QED) is 0.718. The number of nitrogens with two attached hydrogens (primary N) is 1. The molecule has 0 bridgehead atoms. The van der Waals surface area contributed by atoms with Gasteiger partial charge in [0.25, 0.3) is 0 Å². The van der Waals surface area contributed by atoms with E-state index in [0.717, 1.165) is 0 Å². The molecule has 33 heavy (non-hydrogen) atoms. The number of aromatic hydroxyl groups is 1. The molecule has 10 nitrogen and oxygen atoms in total. The highest BCUT2D eigenvalue weighted by atomic mass is 16.6. The predicted octanol–water partition coefficient (Wildman–Crippen LogP) is 2.34. The molecule has 1 atom stereocenters. The molecule has 0 radical (unpaired) electrons. The molecule has 2 heterocycles. The monoisotopic (exact) mass is 456 g/mol. The number of amides is 2. The highest BCUT2D eigenvalue weighted by Gasteiger charge is 2.31. The Hall–Kier alpha value is -3.56. The molecular weight excluding hydrogens is 424 g/mol. The number of carbonyl (C=O) groups excluding carboxylic acids is 2. The van der Waals surface area contributed by atoms with Gasteiger partial charge in [-0.05, 0) is 45.9 Å². The van der Waals surface area contributed by atoms with Crippen LogP contribution >= 0.6 is 0 Å². The van der Waals surface area contributed by atoms with E-state index in [2.05, 4.69) is 15.1 Å². The molecule has 1 aromatic heterocycles. The van der Waals surface area contributed by atoms with Gasteiger partial charge in [-0.3, -0.25) is 4.79 Å². The molecule has 3 rings (SSSR count). The third-order valence-corrected chi connectivity index (χ3v) is 5.35. The summed E-state index contributed by atoms with van der Waals surface area (Å²) in [6.07, 6.45) is -0.533. The van der Waals surface area contributed by atoms with Crippen molar-refractivity contribution in [2.24, 2.45) is 0 Å². The van der Waals surface area contributed by atoms with Crippen LogP contribution in [0, 0.1) is 0 Å². The maximum Gasteiger partial charge on any atom is 0.410 e. The number of anilines is 2. The lowest BCUT2D eigenvalue weighted by Gasteiger charge is -2.41. The lowest BCUT2D eigenvalue weighted by molar-refractivity contribution is -0.134. The molecule has 1 saturated heterocycles. The van der Waals surface area contributed by atoms with Crippen LogP contribution in [0.1, 0.15) is 27.7 Å². The Balaban J connectivity index is 1.68. The predicted molar refractivity (Wildman–Crippen MR) is 126 cm³/mol. The summed E-state index contributed by atoms with van der Waals surface area (Å²) in [5.74, 6) is 0.248. The molecule has 0 saturated carbocycles. The molecule has 1 aromatic carbocycles. The maximum absolute atomic E-state index is 12.9. The van der Waals surface area contributed by atoms with Gasteiger partial charge < -0.3 is 30.3 Å². The molecule has 10 heteroatoms. The number of hydrogen-bond acceptors (Lipinski definition) is 8. The van der Waals surface area contributed by atoms with Crippen LogP contribution in [0.25, 0.3) is 11.3 Å². The second-order valence-corrected chi connectivity index (χ2v) is 9.24. The van der Waals surface area contributed by atoms with E-state index in [1.165, 1.54) is 4.90 Å². The smallest absolute Gasteiger partial charge is 0.410 e. The van der Waals surface area contributed by atoms with Crippen molar-refractivity contribution in [2.75, 3.05) is 43.9 Å². The lowest BCUT2D eigenvalue weighted by Crippen LogP contribution is -2.56. The average Bonchev–Trinajstić information content (AvgIpc) is 2.73. The molecule has 178 valence electrons. The Labute approximate surface area is 193 Å². The molecule has 1 aliphatic heterocycles. The Morgan fingerprint density at radius 2 is 1.94 bits per heavy atom. The van der Waals surface area contributed by atoms with Gasteiger partial charge in [-0.1, -0.05) is 12.1 Å². The fourth-order valence-electron chi connectivity index (χ4n) is 3.71. The van der Waals surface area contributed by atoms with Crippen LogP contribution in [-0.4, -0.2) is 82.0 Å². The fourth-order valence-corrected chi connectivity index (χ4v) is 3.71. The number of carbonyl (C=O) groups is 2. The molecule has 3 N–H and O–H groups in total. The highest BCUT2D eigenvalue weighted by Crippen LogP contribution is 2.32. The molecule has 2 amide bonds. The van der Waals surface area contributed by atoms with Crippen LogP contribution in [-0.2, 0) is 9.53 Å². The van der Waals surface area contributed by atoms with Crippen molar-refractivity contribution >= 4 is 23.5 Å². The van der Waals surface area contributed by atoms with E-state index >= 15 is 0 Å². The molecule has 0 aliphatic carbocycles. The van der Waals surface area contributed by atoms with Crippen LogP contribution in [0.4, 0.5) is 16.3 Å². The largest absolute Gasteiger partial charge is 0.507 e. The number of phenolic OH excluding ortho intramolecular Hbond substituents is 1. The second kappa shape index (κ2) is 9.51. The first-order chi connectivity index (χ1) is 15.5. The fraction of sp³-hybridized carbons (Fsp3) is 0.478. The number of nitrogen functional groups attached to an aromatic ring is 1. The van der Waals surface area contributed by atoms with E-state index in [-0.39, 0.29) is 30.1 Å². The minimum Gasteiger partial charge on any atom is -0.507 e. The van der Waals surface area contributed by atoms with Gasteiger partial charge in [0.1, 0.15) is 17.9 Å². The van der Waals surface area contributed by atoms with Crippen LogP contribution in [0.5, 0.6) is 5.75 Å². The van der Waals surface area contributed by atoms with Crippen LogP contribution < -0.4 is 10.6 Å². The van der Waals surface area contributed by atoms with Crippen molar-refractivity contribution in [3.63, 3.8) is 0 Å². The highest BCUT2D eigenvalue weighted by molar-refractivity contribution is 5.83. The van der Waals surface area contributed by atoms with Gasteiger partial charge in [0.15, 0.2) is 5.82 Å². The van der Waals surface area contributed by atoms with E-state index in [9.17, 15) is 14.7 Å². The molecule has 0 spiro atoms. The van der Waals surface area contributed by atoms with Gasteiger partial charge in [-0.2, -0.15) is 0 Å². The topological polar surface area (TPSA) is 125 Å². The Kier molecular flexibility index (Phi) is 6.95. The first-order valence-electron chi connectivity index (χ1n) is 10.9.